The van der Waals surface area contributed by atoms with Gasteiger partial charge in [0.25, 0.3) is 0 Å². The van der Waals surface area contributed by atoms with Gasteiger partial charge in [-0.1, -0.05) is 87.5 Å². The fourth-order valence-electron chi connectivity index (χ4n) is 2.71. The van der Waals surface area contributed by atoms with Crippen LogP contribution in [0.15, 0.2) is 72.8 Å². The molecule has 0 nitrogen and oxygen atoms in total. The largest absolute Gasteiger partial charge is 0.0622 e. The lowest BCUT2D eigenvalue weighted by molar-refractivity contribution is 0.590. The van der Waals surface area contributed by atoms with Gasteiger partial charge >= 0.3 is 0 Å². The summed E-state index contributed by atoms with van der Waals surface area (Å²) < 4.78 is 1.28. The van der Waals surface area contributed by atoms with E-state index in [9.17, 15) is 0 Å². The van der Waals surface area contributed by atoms with Crippen LogP contribution in [0.25, 0.3) is 22.3 Å². The first-order chi connectivity index (χ1) is 10.9. The summed E-state index contributed by atoms with van der Waals surface area (Å²) in [5.41, 5.74) is 6.68. The van der Waals surface area contributed by atoms with Crippen molar-refractivity contribution in [2.24, 2.45) is 0 Å². The molecule has 3 aromatic rings. The van der Waals surface area contributed by atoms with Crippen molar-refractivity contribution in [1.29, 1.82) is 0 Å². The molecule has 0 aliphatic rings. The summed E-state index contributed by atoms with van der Waals surface area (Å²) in [6, 6.07) is 26.2. The zero-order chi connectivity index (χ0) is 16.4. The molecule has 0 saturated carbocycles. The first-order valence-electron chi connectivity index (χ1n) is 7.91. The van der Waals surface area contributed by atoms with E-state index >= 15 is 0 Å². The third-order valence-electron chi connectivity index (χ3n) is 4.14. The Balaban J connectivity index is 1.94. The summed E-state index contributed by atoms with van der Waals surface area (Å²) in [6.45, 7) is 6.75. The van der Waals surface area contributed by atoms with Gasteiger partial charge in [0.15, 0.2) is 0 Å². The number of rotatable bonds is 2. The summed E-state index contributed by atoms with van der Waals surface area (Å²) in [7, 11) is 0. The van der Waals surface area contributed by atoms with Crippen molar-refractivity contribution in [3.63, 3.8) is 0 Å². The van der Waals surface area contributed by atoms with Crippen molar-refractivity contribution in [2.75, 3.05) is 0 Å². The van der Waals surface area contributed by atoms with Crippen LogP contribution in [0.4, 0.5) is 0 Å². The number of hydrogen-bond acceptors (Lipinski definition) is 0. The molecule has 0 amide bonds. The highest BCUT2D eigenvalue weighted by atomic mass is 127. The van der Waals surface area contributed by atoms with Crippen LogP contribution >= 0.6 is 22.6 Å². The van der Waals surface area contributed by atoms with Gasteiger partial charge in [-0.3, -0.25) is 0 Å². The first-order valence-corrected chi connectivity index (χ1v) is 8.99. The van der Waals surface area contributed by atoms with Crippen LogP contribution in [0, 0.1) is 3.57 Å². The topological polar surface area (TPSA) is 0 Å². The van der Waals surface area contributed by atoms with Gasteiger partial charge in [0, 0.05) is 3.57 Å². The normalized spacial score (nSPS) is 11.5. The Labute approximate surface area is 152 Å². The lowest BCUT2D eigenvalue weighted by Crippen LogP contribution is -2.10. The maximum absolute atomic E-state index is 2.44. The molecule has 3 rings (SSSR count). The molecule has 0 N–H and O–H groups in total. The van der Waals surface area contributed by atoms with Gasteiger partial charge in [-0.15, -0.1) is 0 Å². The van der Waals surface area contributed by atoms with Gasteiger partial charge in [0.2, 0.25) is 0 Å². The van der Waals surface area contributed by atoms with Crippen molar-refractivity contribution < 1.29 is 0 Å². The van der Waals surface area contributed by atoms with Crippen LogP contribution in [0.5, 0.6) is 0 Å². The Hall–Kier alpha value is -1.61. The molecular formula is C22H21I. The van der Waals surface area contributed by atoms with E-state index in [1.165, 1.54) is 31.4 Å². The van der Waals surface area contributed by atoms with Gasteiger partial charge in [-0.2, -0.15) is 0 Å². The van der Waals surface area contributed by atoms with Crippen LogP contribution in [0.3, 0.4) is 0 Å². The molecule has 0 saturated heterocycles. The Kier molecular flexibility index (Phi) is 4.58. The van der Waals surface area contributed by atoms with Crippen molar-refractivity contribution in [3.05, 3.63) is 81.9 Å². The molecule has 0 atom stereocenters. The summed E-state index contributed by atoms with van der Waals surface area (Å²) >= 11 is 2.44. The minimum absolute atomic E-state index is 0.199. The third-order valence-corrected chi connectivity index (χ3v) is 5.03. The van der Waals surface area contributed by atoms with Gasteiger partial charge in [-0.05, 0) is 61.9 Å². The minimum Gasteiger partial charge on any atom is -0.0622 e. The SMILES string of the molecule is CC(C)(C)c1ccc(-c2ccc(-c3ccccc3)c(I)c2)cc1. The van der Waals surface area contributed by atoms with Crippen molar-refractivity contribution in [1.82, 2.24) is 0 Å². The van der Waals surface area contributed by atoms with Crippen LogP contribution in [-0.2, 0) is 5.41 Å². The number of benzene rings is 3. The predicted molar refractivity (Wildman–Crippen MR) is 109 cm³/mol. The van der Waals surface area contributed by atoms with Crippen LogP contribution in [0.1, 0.15) is 26.3 Å². The molecule has 0 aliphatic carbocycles. The van der Waals surface area contributed by atoms with Gasteiger partial charge in [-0.25, -0.2) is 0 Å². The maximum Gasteiger partial charge on any atom is 0.0214 e. The highest BCUT2D eigenvalue weighted by molar-refractivity contribution is 14.1. The second-order valence-corrected chi connectivity index (χ2v) is 8.05. The highest BCUT2D eigenvalue weighted by Crippen LogP contribution is 2.31. The Morgan fingerprint density at radius 2 is 1.26 bits per heavy atom. The number of hydrogen-bond donors (Lipinski definition) is 0. The minimum atomic E-state index is 0.199. The zero-order valence-electron chi connectivity index (χ0n) is 13.8. The van der Waals surface area contributed by atoms with E-state index in [0.29, 0.717) is 0 Å². The Morgan fingerprint density at radius 3 is 1.83 bits per heavy atom. The van der Waals surface area contributed by atoms with E-state index in [2.05, 4.69) is 116 Å². The van der Waals surface area contributed by atoms with Crippen molar-refractivity contribution in [2.45, 2.75) is 26.2 Å². The third kappa shape index (κ3) is 3.66. The molecule has 0 fully saturated rings. The second-order valence-electron chi connectivity index (χ2n) is 6.89. The smallest absolute Gasteiger partial charge is 0.0214 e. The monoisotopic (exact) mass is 412 g/mol. The Morgan fingerprint density at radius 1 is 0.652 bits per heavy atom. The zero-order valence-corrected chi connectivity index (χ0v) is 16.0. The average Bonchev–Trinajstić information content (AvgIpc) is 2.55. The van der Waals surface area contributed by atoms with E-state index in [1.807, 2.05) is 0 Å². The molecule has 0 spiro atoms. The molecular weight excluding hydrogens is 391 g/mol. The maximum atomic E-state index is 2.44. The van der Waals surface area contributed by atoms with Gasteiger partial charge in [0.1, 0.15) is 0 Å². The molecule has 0 unspecified atom stereocenters. The summed E-state index contributed by atoms with van der Waals surface area (Å²) in [5.74, 6) is 0. The van der Waals surface area contributed by atoms with Crippen LogP contribution < -0.4 is 0 Å². The Bertz CT molecular complexity index is 794. The molecule has 0 bridgehead atoms. The first kappa shape index (κ1) is 16.3. The van der Waals surface area contributed by atoms with Crippen LogP contribution in [-0.4, -0.2) is 0 Å². The molecule has 23 heavy (non-hydrogen) atoms. The average molecular weight is 412 g/mol. The molecule has 0 heterocycles. The van der Waals surface area contributed by atoms with Crippen molar-refractivity contribution in [3.8, 4) is 22.3 Å². The summed E-state index contributed by atoms with van der Waals surface area (Å²) in [5, 5.41) is 0. The lowest BCUT2D eigenvalue weighted by Gasteiger charge is -2.19. The molecule has 3 aromatic carbocycles. The van der Waals surface area contributed by atoms with E-state index in [4.69, 9.17) is 0 Å². The quantitative estimate of drug-likeness (QED) is 0.401. The lowest BCUT2D eigenvalue weighted by atomic mass is 9.86. The van der Waals surface area contributed by atoms with E-state index < -0.39 is 0 Å². The number of halogens is 1. The summed E-state index contributed by atoms with van der Waals surface area (Å²) in [6.07, 6.45) is 0. The van der Waals surface area contributed by atoms with Crippen LogP contribution in [0.2, 0.25) is 0 Å². The molecule has 0 aliphatic heterocycles. The molecule has 116 valence electrons. The predicted octanol–water partition coefficient (Wildman–Crippen LogP) is 6.92. The highest BCUT2D eigenvalue weighted by Gasteiger charge is 2.13. The molecule has 0 aromatic heterocycles. The van der Waals surface area contributed by atoms with E-state index in [1.54, 1.807) is 0 Å². The second kappa shape index (κ2) is 6.48. The fourth-order valence-corrected chi connectivity index (χ4v) is 3.54. The molecule has 0 radical (unpaired) electrons. The van der Waals surface area contributed by atoms with Crippen molar-refractivity contribution >= 4 is 22.6 Å². The van der Waals surface area contributed by atoms with E-state index in [0.717, 1.165) is 0 Å². The summed E-state index contributed by atoms with van der Waals surface area (Å²) in [4.78, 5) is 0. The standard InChI is InChI=1S/C22H21I/c1-22(2,3)19-12-9-16(10-13-19)18-11-14-20(21(23)15-18)17-7-5-4-6-8-17/h4-15H,1-3H3. The molecule has 1 heteroatoms. The van der Waals surface area contributed by atoms with E-state index in [-0.39, 0.29) is 5.41 Å². The van der Waals surface area contributed by atoms with Gasteiger partial charge < -0.3 is 0 Å². The fraction of sp³-hybridized carbons (Fsp3) is 0.182. The van der Waals surface area contributed by atoms with Gasteiger partial charge in [0.05, 0.1) is 0 Å².